The molecule has 3 aliphatic rings. The first kappa shape index (κ1) is 11.5. The number of nitrogens with zero attached hydrogens (tertiary/aromatic N) is 1. The highest BCUT2D eigenvalue weighted by molar-refractivity contribution is 5.41. The Morgan fingerprint density at radius 1 is 1.26 bits per heavy atom. The lowest BCUT2D eigenvalue weighted by atomic mass is 9.51. The Bertz CT molecular complexity index is 544. The number of fused-ring (bicyclic) bond motifs is 1. The van der Waals surface area contributed by atoms with Crippen LogP contribution in [0.15, 0.2) is 24.3 Å². The van der Waals surface area contributed by atoms with E-state index in [-0.39, 0.29) is 5.92 Å². The molecule has 19 heavy (non-hydrogen) atoms. The van der Waals surface area contributed by atoms with E-state index >= 15 is 0 Å². The van der Waals surface area contributed by atoms with Crippen molar-refractivity contribution < 1.29 is 0 Å². The van der Waals surface area contributed by atoms with Gasteiger partial charge >= 0.3 is 0 Å². The lowest BCUT2D eigenvalue weighted by molar-refractivity contribution is 0.0645. The van der Waals surface area contributed by atoms with Crippen molar-refractivity contribution in [3.8, 4) is 6.07 Å². The molecule has 0 radical (unpaired) electrons. The number of nitriles is 1. The van der Waals surface area contributed by atoms with Crippen molar-refractivity contribution in [3.63, 3.8) is 0 Å². The van der Waals surface area contributed by atoms with Gasteiger partial charge < -0.3 is 5.32 Å². The van der Waals surface area contributed by atoms with E-state index in [0.29, 0.717) is 11.5 Å². The van der Waals surface area contributed by atoms with Crippen LogP contribution in [-0.2, 0) is 11.8 Å². The van der Waals surface area contributed by atoms with Crippen molar-refractivity contribution in [1.29, 1.82) is 5.26 Å². The standard InChI is InChI=1S/C17H20N2/c18-11-12-5-6-15-16-9-13-3-1-2-4-14(13)17(15,10-12)7-8-19-16/h1-4,12,15-16,19H,5-10H2/t12?,15-,16+,17+/m0/s1. The molecule has 4 atom stereocenters. The van der Waals surface area contributed by atoms with E-state index in [1.165, 1.54) is 24.8 Å². The van der Waals surface area contributed by atoms with Gasteiger partial charge in [-0.2, -0.15) is 5.26 Å². The van der Waals surface area contributed by atoms with Gasteiger partial charge in [-0.15, -0.1) is 0 Å². The monoisotopic (exact) mass is 252 g/mol. The molecule has 2 aliphatic carbocycles. The lowest BCUT2D eigenvalue weighted by Crippen LogP contribution is -2.60. The van der Waals surface area contributed by atoms with Crippen LogP contribution in [0.1, 0.15) is 36.8 Å². The van der Waals surface area contributed by atoms with Gasteiger partial charge in [0.05, 0.1) is 6.07 Å². The summed E-state index contributed by atoms with van der Waals surface area (Å²) in [6.45, 7) is 1.12. The van der Waals surface area contributed by atoms with Crippen molar-refractivity contribution in [2.75, 3.05) is 6.54 Å². The summed E-state index contributed by atoms with van der Waals surface area (Å²) >= 11 is 0. The first-order valence-electron chi connectivity index (χ1n) is 7.55. The summed E-state index contributed by atoms with van der Waals surface area (Å²) < 4.78 is 0. The van der Waals surface area contributed by atoms with Crippen LogP contribution < -0.4 is 5.32 Å². The number of hydrogen-bond acceptors (Lipinski definition) is 2. The second-order valence-electron chi connectivity index (χ2n) is 6.54. The van der Waals surface area contributed by atoms with Gasteiger partial charge in [0.25, 0.3) is 0 Å². The maximum Gasteiger partial charge on any atom is 0.0656 e. The quantitative estimate of drug-likeness (QED) is 0.770. The summed E-state index contributed by atoms with van der Waals surface area (Å²) in [5.74, 6) is 1.02. The maximum atomic E-state index is 9.36. The van der Waals surface area contributed by atoms with Gasteiger partial charge in [-0.1, -0.05) is 24.3 Å². The first-order valence-corrected chi connectivity index (χ1v) is 7.55. The van der Waals surface area contributed by atoms with Gasteiger partial charge in [0.2, 0.25) is 0 Å². The van der Waals surface area contributed by atoms with Crippen LogP contribution >= 0.6 is 0 Å². The second-order valence-corrected chi connectivity index (χ2v) is 6.54. The molecule has 1 aromatic rings. The fraction of sp³-hybridized carbons (Fsp3) is 0.588. The normalized spacial score (nSPS) is 39.8. The highest BCUT2D eigenvalue weighted by Gasteiger charge is 2.53. The Balaban J connectivity index is 1.87. The number of nitrogens with one attached hydrogen (secondary N) is 1. The van der Waals surface area contributed by atoms with Crippen LogP contribution in [0.25, 0.3) is 0 Å². The molecule has 2 heteroatoms. The van der Waals surface area contributed by atoms with E-state index in [9.17, 15) is 5.26 Å². The average molecular weight is 252 g/mol. The van der Waals surface area contributed by atoms with Gasteiger partial charge in [0, 0.05) is 17.4 Å². The molecule has 0 aromatic heterocycles. The third-order valence-corrected chi connectivity index (χ3v) is 5.79. The third kappa shape index (κ3) is 1.51. The van der Waals surface area contributed by atoms with Gasteiger partial charge in [-0.3, -0.25) is 0 Å². The zero-order valence-electron chi connectivity index (χ0n) is 11.2. The first-order chi connectivity index (χ1) is 9.33. The molecule has 1 unspecified atom stereocenters. The van der Waals surface area contributed by atoms with E-state index in [4.69, 9.17) is 0 Å². The molecule has 1 saturated heterocycles. The van der Waals surface area contributed by atoms with Crippen LogP contribution in [0.3, 0.4) is 0 Å². The zero-order chi connectivity index (χ0) is 12.9. The molecule has 4 rings (SSSR count). The van der Waals surface area contributed by atoms with Crippen molar-refractivity contribution in [3.05, 3.63) is 35.4 Å². The molecule has 1 N–H and O–H groups in total. The van der Waals surface area contributed by atoms with Crippen molar-refractivity contribution >= 4 is 0 Å². The number of benzene rings is 1. The van der Waals surface area contributed by atoms with Gasteiger partial charge in [-0.25, -0.2) is 0 Å². The number of piperidine rings is 1. The third-order valence-electron chi connectivity index (χ3n) is 5.79. The molecule has 1 aromatic carbocycles. The summed E-state index contributed by atoms with van der Waals surface area (Å²) in [6, 6.07) is 12.2. The minimum atomic E-state index is 0.265. The van der Waals surface area contributed by atoms with E-state index in [0.717, 1.165) is 25.3 Å². The van der Waals surface area contributed by atoms with Crippen LogP contribution in [-0.4, -0.2) is 12.6 Å². The minimum Gasteiger partial charge on any atom is -0.313 e. The van der Waals surface area contributed by atoms with Gasteiger partial charge in [0.1, 0.15) is 0 Å². The predicted molar refractivity (Wildman–Crippen MR) is 74.7 cm³/mol. The highest BCUT2D eigenvalue weighted by atomic mass is 15.0. The lowest BCUT2D eigenvalue weighted by Gasteiger charge is -2.56. The fourth-order valence-electron chi connectivity index (χ4n) is 5.04. The molecular weight excluding hydrogens is 232 g/mol. The maximum absolute atomic E-state index is 9.36. The van der Waals surface area contributed by atoms with E-state index in [1.54, 1.807) is 5.56 Å². The van der Waals surface area contributed by atoms with Crippen LogP contribution in [0.5, 0.6) is 0 Å². The van der Waals surface area contributed by atoms with Gasteiger partial charge in [0.15, 0.2) is 0 Å². The highest BCUT2D eigenvalue weighted by Crippen LogP contribution is 2.54. The number of rotatable bonds is 0. The van der Waals surface area contributed by atoms with E-state index in [1.807, 2.05) is 0 Å². The molecule has 98 valence electrons. The Labute approximate surface area is 114 Å². The molecule has 0 amide bonds. The molecule has 1 heterocycles. The number of hydrogen-bond donors (Lipinski definition) is 1. The summed E-state index contributed by atoms with van der Waals surface area (Å²) in [4.78, 5) is 0. The van der Waals surface area contributed by atoms with Gasteiger partial charge in [-0.05, 0) is 55.7 Å². The van der Waals surface area contributed by atoms with Crippen LogP contribution in [0.2, 0.25) is 0 Å². The minimum absolute atomic E-state index is 0.265. The largest absolute Gasteiger partial charge is 0.313 e. The van der Waals surface area contributed by atoms with Crippen LogP contribution in [0.4, 0.5) is 0 Å². The summed E-state index contributed by atoms with van der Waals surface area (Å²) in [6.07, 6.45) is 5.81. The van der Waals surface area contributed by atoms with Crippen LogP contribution in [0, 0.1) is 23.2 Å². The molecule has 2 bridgehead atoms. The molecule has 2 fully saturated rings. The summed E-state index contributed by atoms with van der Waals surface area (Å²) in [5.41, 5.74) is 3.39. The average Bonchev–Trinajstić information content (AvgIpc) is 2.46. The molecule has 1 saturated carbocycles. The van der Waals surface area contributed by atoms with Crippen molar-refractivity contribution in [1.82, 2.24) is 5.32 Å². The topological polar surface area (TPSA) is 35.8 Å². The van der Waals surface area contributed by atoms with Crippen molar-refractivity contribution in [2.24, 2.45) is 11.8 Å². The van der Waals surface area contributed by atoms with E-state index < -0.39 is 0 Å². The second kappa shape index (κ2) is 4.08. The SMILES string of the molecule is N#CC1CC[C@H]2[C@H]3Cc4ccccc4[C@@]2(CCN3)C1. The molecule has 2 nitrogen and oxygen atoms in total. The molecule has 0 spiro atoms. The Morgan fingerprint density at radius 2 is 2.16 bits per heavy atom. The Morgan fingerprint density at radius 3 is 3.05 bits per heavy atom. The fourth-order valence-corrected chi connectivity index (χ4v) is 5.04. The molecule has 1 aliphatic heterocycles. The smallest absolute Gasteiger partial charge is 0.0656 e. The predicted octanol–water partition coefficient (Wildman–Crippen LogP) is 2.78. The Hall–Kier alpha value is -1.33. The Kier molecular flexibility index (Phi) is 2.47. The molecular formula is C17H20N2. The van der Waals surface area contributed by atoms with E-state index in [2.05, 4.69) is 35.7 Å². The van der Waals surface area contributed by atoms with Crippen molar-refractivity contribution in [2.45, 2.75) is 43.6 Å². The zero-order valence-corrected chi connectivity index (χ0v) is 11.2. The summed E-state index contributed by atoms with van der Waals surface area (Å²) in [5, 5.41) is 13.1. The summed E-state index contributed by atoms with van der Waals surface area (Å²) in [7, 11) is 0.